The smallest absolute Gasteiger partial charge is 0.206 e. The zero-order valence-electron chi connectivity index (χ0n) is 14.5. The van der Waals surface area contributed by atoms with Crippen molar-refractivity contribution in [2.24, 2.45) is 0 Å². The summed E-state index contributed by atoms with van der Waals surface area (Å²) in [5.41, 5.74) is 1.27. The van der Waals surface area contributed by atoms with Gasteiger partial charge in [-0.1, -0.05) is 29.8 Å². The molecule has 0 aliphatic carbocycles. The third-order valence-corrected chi connectivity index (χ3v) is 5.81. The third-order valence-electron chi connectivity index (χ3n) is 4.02. The molecule has 0 heterocycles. The second kappa shape index (κ2) is 7.63. The molecule has 0 fully saturated rings. The third kappa shape index (κ3) is 3.87. The fourth-order valence-electron chi connectivity index (χ4n) is 2.45. The minimum absolute atomic E-state index is 0.0225. The Morgan fingerprint density at radius 2 is 1.25 bits per heavy atom. The van der Waals surface area contributed by atoms with Gasteiger partial charge in [0.15, 0.2) is 17.4 Å². The van der Waals surface area contributed by atoms with Gasteiger partial charge in [-0.15, -0.1) is 0 Å². The van der Waals surface area contributed by atoms with Gasteiger partial charge < -0.3 is 4.74 Å². The second-order valence-corrected chi connectivity index (χ2v) is 8.00. The molecule has 0 aliphatic rings. The molecule has 3 aromatic carbocycles. The van der Waals surface area contributed by atoms with E-state index in [-0.39, 0.29) is 15.9 Å². The average molecular weight is 410 g/mol. The Balaban J connectivity index is 1.80. The van der Waals surface area contributed by atoms with Gasteiger partial charge >= 0.3 is 0 Å². The maximum absolute atomic E-state index is 13.6. The number of aryl methyl sites for hydroxylation is 1. The molecule has 8 heteroatoms. The largest absolute Gasteiger partial charge is 0.483 e. The Morgan fingerprint density at radius 3 is 1.75 bits per heavy atom. The molecule has 0 spiro atoms. The van der Waals surface area contributed by atoms with Crippen LogP contribution < -0.4 is 4.74 Å². The molecule has 0 aliphatic heterocycles. The van der Waals surface area contributed by atoms with Crippen LogP contribution >= 0.6 is 0 Å². The lowest BCUT2D eigenvalue weighted by molar-refractivity contribution is 0.261. The molecule has 0 N–H and O–H groups in total. The zero-order chi connectivity index (χ0) is 20.5. The van der Waals surface area contributed by atoms with Crippen molar-refractivity contribution in [1.82, 2.24) is 0 Å². The summed E-state index contributed by atoms with van der Waals surface area (Å²) in [5, 5.41) is 0. The molecule has 0 unspecified atom stereocenters. The summed E-state index contributed by atoms with van der Waals surface area (Å²) in [7, 11) is -3.72. The van der Waals surface area contributed by atoms with E-state index in [2.05, 4.69) is 0 Å². The van der Waals surface area contributed by atoms with Gasteiger partial charge in [0, 0.05) is 6.07 Å². The van der Waals surface area contributed by atoms with E-state index in [1.54, 1.807) is 12.1 Å². The highest BCUT2D eigenvalue weighted by Gasteiger charge is 2.21. The molecular weight excluding hydrogens is 396 g/mol. The molecule has 0 atom stereocenters. The molecule has 0 saturated carbocycles. The lowest BCUT2D eigenvalue weighted by Crippen LogP contribution is -2.05. The highest BCUT2D eigenvalue weighted by atomic mass is 32.2. The van der Waals surface area contributed by atoms with Gasteiger partial charge in [0.2, 0.25) is 21.5 Å². The van der Waals surface area contributed by atoms with Gasteiger partial charge in [-0.3, -0.25) is 0 Å². The van der Waals surface area contributed by atoms with Gasteiger partial charge in [0.25, 0.3) is 0 Å². The average Bonchev–Trinajstić information content (AvgIpc) is 2.67. The summed E-state index contributed by atoms with van der Waals surface area (Å²) in [6.07, 6.45) is 0. The molecule has 0 saturated heterocycles. The summed E-state index contributed by atoms with van der Waals surface area (Å²) >= 11 is 0. The number of hydrogen-bond donors (Lipinski definition) is 0. The summed E-state index contributed by atoms with van der Waals surface area (Å²) in [5.74, 6) is -7.61. The van der Waals surface area contributed by atoms with E-state index < -0.39 is 45.5 Å². The summed E-state index contributed by atoms with van der Waals surface area (Å²) < 4.78 is 83.6. The lowest BCUT2D eigenvalue weighted by Gasteiger charge is -2.10. The predicted octanol–water partition coefficient (Wildman–Crippen LogP) is 4.96. The summed E-state index contributed by atoms with van der Waals surface area (Å²) in [6.45, 7) is 1.42. The number of hydrogen-bond acceptors (Lipinski definition) is 3. The molecule has 0 bridgehead atoms. The van der Waals surface area contributed by atoms with Crippen LogP contribution in [0, 0.1) is 30.2 Å². The quantitative estimate of drug-likeness (QED) is 0.441. The van der Waals surface area contributed by atoms with Crippen LogP contribution in [0.3, 0.4) is 0 Å². The molecule has 0 radical (unpaired) electrons. The van der Waals surface area contributed by atoms with Crippen LogP contribution in [0.1, 0.15) is 11.1 Å². The van der Waals surface area contributed by atoms with Gasteiger partial charge in [-0.05, 0) is 36.8 Å². The highest BCUT2D eigenvalue weighted by Crippen LogP contribution is 2.27. The predicted molar refractivity (Wildman–Crippen MR) is 93.7 cm³/mol. The molecule has 3 nitrogen and oxygen atoms in total. The van der Waals surface area contributed by atoms with Crippen molar-refractivity contribution < 1.29 is 30.7 Å². The van der Waals surface area contributed by atoms with Gasteiger partial charge in [-0.25, -0.2) is 17.2 Å². The summed E-state index contributed by atoms with van der Waals surface area (Å²) in [6, 6.07) is 11.8. The van der Waals surface area contributed by atoms with E-state index in [0.29, 0.717) is 5.56 Å². The van der Waals surface area contributed by atoms with E-state index in [4.69, 9.17) is 4.74 Å². The number of rotatable bonds is 5. The van der Waals surface area contributed by atoms with Crippen molar-refractivity contribution in [2.75, 3.05) is 0 Å². The van der Waals surface area contributed by atoms with Crippen molar-refractivity contribution in [1.29, 1.82) is 0 Å². The first-order chi connectivity index (χ1) is 13.2. The molecule has 0 aromatic heterocycles. The van der Waals surface area contributed by atoms with Crippen LogP contribution in [0.5, 0.6) is 5.75 Å². The molecule has 3 aromatic rings. The minimum Gasteiger partial charge on any atom is -0.483 e. The van der Waals surface area contributed by atoms with Crippen LogP contribution in [0.15, 0.2) is 64.4 Å². The van der Waals surface area contributed by atoms with E-state index in [1.165, 1.54) is 36.4 Å². The Bertz CT molecular complexity index is 1080. The zero-order valence-corrected chi connectivity index (χ0v) is 15.4. The first-order valence-electron chi connectivity index (χ1n) is 8.06. The van der Waals surface area contributed by atoms with Crippen molar-refractivity contribution in [3.05, 3.63) is 89.0 Å². The summed E-state index contributed by atoms with van der Waals surface area (Å²) in [4.78, 5) is 0.149. The monoisotopic (exact) mass is 410 g/mol. The number of benzene rings is 3. The Kier molecular flexibility index (Phi) is 5.42. The Labute approximate surface area is 159 Å². The van der Waals surface area contributed by atoms with Crippen LogP contribution in [-0.4, -0.2) is 8.42 Å². The van der Waals surface area contributed by atoms with Crippen molar-refractivity contribution in [2.45, 2.75) is 23.3 Å². The van der Waals surface area contributed by atoms with Crippen molar-refractivity contribution >= 4 is 9.84 Å². The number of halogens is 4. The first kappa shape index (κ1) is 19.9. The van der Waals surface area contributed by atoms with E-state index in [0.717, 1.165) is 5.56 Å². The fourth-order valence-corrected chi connectivity index (χ4v) is 3.71. The fraction of sp³-hybridized carbons (Fsp3) is 0.100. The lowest BCUT2D eigenvalue weighted by atomic mass is 10.2. The van der Waals surface area contributed by atoms with Gasteiger partial charge in [0.1, 0.15) is 6.61 Å². The van der Waals surface area contributed by atoms with Gasteiger partial charge in [-0.2, -0.15) is 8.78 Å². The Morgan fingerprint density at radius 1 is 0.786 bits per heavy atom. The molecule has 0 amide bonds. The first-order valence-corrected chi connectivity index (χ1v) is 9.55. The SMILES string of the molecule is Cc1ccc(S(=O)(=O)c2ccc(COc3c(F)c(F)cc(F)c3F)cc2)cc1. The maximum Gasteiger partial charge on any atom is 0.206 e. The topological polar surface area (TPSA) is 43.4 Å². The van der Waals surface area contributed by atoms with E-state index in [1.807, 2.05) is 6.92 Å². The van der Waals surface area contributed by atoms with Crippen LogP contribution in [0.2, 0.25) is 0 Å². The van der Waals surface area contributed by atoms with E-state index >= 15 is 0 Å². The normalized spacial score (nSPS) is 11.5. The highest BCUT2D eigenvalue weighted by molar-refractivity contribution is 7.91. The molecule has 3 rings (SSSR count). The van der Waals surface area contributed by atoms with Crippen LogP contribution in [-0.2, 0) is 16.4 Å². The number of ether oxygens (including phenoxy) is 1. The van der Waals surface area contributed by atoms with Gasteiger partial charge in [0.05, 0.1) is 9.79 Å². The standard InChI is InChI=1S/C20H14F4O3S/c1-12-2-6-14(7-3-12)28(25,26)15-8-4-13(5-9-15)11-27-20-18(23)16(21)10-17(22)19(20)24/h2-10H,11H2,1H3. The molecule has 28 heavy (non-hydrogen) atoms. The van der Waals surface area contributed by atoms with Crippen LogP contribution in [0.25, 0.3) is 0 Å². The molecular formula is C20H14F4O3S. The molecule has 146 valence electrons. The van der Waals surface area contributed by atoms with E-state index in [9.17, 15) is 26.0 Å². The second-order valence-electron chi connectivity index (χ2n) is 6.05. The number of sulfone groups is 1. The van der Waals surface area contributed by atoms with Crippen molar-refractivity contribution in [3.63, 3.8) is 0 Å². The minimum atomic E-state index is -3.72. The Hall–Kier alpha value is -2.87. The maximum atomic E-state index is 13.6. The van der Waals surface area contributed by atoms with Crippen molar-refractivity contribution in [3.8, 4) is 5.75 Å². The van der Waals surface area contributed by atoms with Crippen LogP contribution in [0.4, 0.5) is 17.6 Å².